The van der Waals surface area contributed by atoms with Crippen LogP contribution >= 0.6 is 7.82 Å². The minimum absolute atomic E-state index is 0.0968. The summed E-state index contributed by atoms with van der Waals surface area (Å²) in [6, 6.07) is 0. The van der Waals surface area contributed by atoms with E-state index in [2.05, 4.69) is 106 Å². The molecule has 0 saturated carbocycles. The minimum Gasteiger partial charge on any atom is -0.462 e. The van der Waals surface area contributed by atoms with Gasteiger partial charge in [0.05, 0.1) is 19.8 Å². The van der Waals surface area contributed by atoms with E-state index in [1.54, 1.807) is 0 Å². The Labute approximate surface area is 412 Å². The van der Waals surface area contributed by atoms with Gasteiger partial charge in [0.1, 0.15) is 12.7 Å². The van der Waals surface area contributed by atoms with Gasteiger partial charge in [-0.05, 0) is 103 Å². The second-order valence-electron chi connectivity index (χ2n) is 16.9. The fraction of sp³-hybridized carbons (Fsp3) is 0.661. The Morgan fingerprint density at radius 1 is 0.426 bits per heavy atom. The van der Waals surface area contributed by atoms with Crippen molar-refractivity contribution >= 4 is 25.7 Å². The number of esters is 3. The molecule has 68 heavy (non-hydrogen) atoms. The van der Waals surface area contributed by atoms with Gasteiger partial charge in [-0.25, -0.2) is 4.57 Å². The van der Waals surface area contributed by atoms with Crippen LogP contribution in [-0.2, 0) is 42.2 Å². The highest BCUT2D eigenvalue weighted by molar-refractivity contribution is 7.47. The Bertz CT molecular complexity index is 1510. The highest BCUT2D eigenvalue weighted by atomic mass is 31.2. The Hall–Kier alpha value is -3.60. The first-order valence-electron chi connectivity index (χ1n) is 26.1. The molecule has 0 amide bonds. The van der Waals surface area contributed by atoms with Crippen molar-refractivity contribution in [2.45, 2.75) is 213 Å². The zero-order valence-electron chi connectivity index (χ0n) is 42.5. The summed E-state index contributed by atoms with van der Waals surface area (Å²) in [4.78, 5) is 48.3. The van der Waals surface area contributed by atoms with E-state index in [4.69, 9.17) is 23.3 Å². The van der Waals surface area contributed by atoms with E-state index in [-0.39, 0.29) is 25.9 Å². The fourth-order valence-electron chi connectivity index (χ4n) is 6.55. The predicted molar refractivity (Wildman–Crippen MR) is 279 cm³/mol. The lowest BCUT2D eigenvalue weighted by atomic mass is 10.1. The molecule has 388 valence electrons. The van der Waals surface area contributed by atoms with Gasteiger partial charge in [0.25, 0.3) is 0 Å². The molecular weight excluding hydrogens is 880 g/mol. The Morgan fingerprint density at radius 2 is 0.794 bits per heavy atom. The first-order chi connectivity index (χ1) is 33.2. The summed E-state index contributed by atoms with van der Waals surface area (Å²) in [7, 11) is -4.77. The van der Waals surface area contributed by atoms with Crippen LogP contribution in [-0.4, -0.2) is 66.5 Å². The molecular formula is C56H93O11P. The predicted octanol–water partition coefficient (Wildman–Crippen LogP) is 14.9. The molecule has 0 aromatic rings. The minimum atomic E-state index is -4.77. The smallest absolute Gasteiger partial charge is 0.462 e. The molecule has 0 radical (unpaired) electrons. The summed E-state index contributed by atoms with van der Waals surface area (Å²) in [6.07, 6.45) is 56.8. The van der Waals surface area contributed by atoms with Crippen molar-refractivity contribution in [1.82, 2.24) is 0 Å². The number of allylic oxidation sites excluding steroid dienone is 16. The molecule has 0 aliphatic heterocycles. The lowest BCUT2D eigenvalue weighted by Crippen LogP contribution is -2.30. The molecule has 0 fully saturated rings. The highest BCUT2D eigenvalue weighted by Gasteiger charge is 2.28. The zero-order valence-corrected chi connectivity index (χ0v) is 43.4. The van der Waals surface area contributed by atoms with Gasteiger partial charge in [0.15, 0.2) is 6.10 Å². The van der Waals surface area contributed by atoms with E-state index in [1.165, 1.54) is 25.7 Å². The van der Waals surface area contributed by atoms with Gasteiger partial charge in [-0.1, -0.05) is 176 Å². The van der Waals surface area contributed by atoms with Gasteiger partial charge in [0.2, 0.25) is 0 Å². The van der Waals surface area contributed by atoms with Crippen LogP contribution in [0.5, 0.6) is 0 Å². The van der Waals surface area contributed by atoms with E-state index in [0.717, 1.165) is 116 Å². The summed E-state index contributed by atoms with van der Waals surface area (Å²) in [5, 5.41) is 9.77. The lowest BCUT2D eigenvalue weighted by Gasteiger charge is -2.21. The number of phosphoric acid groups is 1. The summed E-state index contributed by atoms with van der Waals surface area (Å²) >= 11 is 0. The highest BCUT2D eigenvalue weighted by Crippen LogP contribution is 2.43. The second-order valence-corrected chi connectivity index (χ2v) is 18.4. The molecule has 0 aromatic heterocycles. The molecule has 0 heterocycles. The number of ether oxygens (including phenoxy) is 3. The number of rotatable bonds is 47. The Morgan fingerprint density at radius 3 is 1.25 bits per heavy atom. The number of carbonyl (C=O) groups is 3. The molecule has 3 unspecified atom stereocenters. The van der Waals surface area contributed by atoms with E-state index >= 15 is 0 Å². The number of hydrogen-bond donors (Lipinski definition) is 2. The van der Waals surface area contributed by atoms with Gasteiger partial charge in [-0.3, -0.25) is 23.4 Å². The van der Waals surface area contributed by atoms with Gasteiger partial charge in [0, 0.05) is 19.3 Å². The summed E-state index contributed by atoms with van der Waals surface area (Å²) in [6.45, 7) is 4.26. The topological polar surface area (TPSA) is 155 Å². The van der Waals surface area contributed by atoms with Crippen molar-refractivity contribution in [2.75, 3.05) is 26.4 Å². The SMILES string of the molecule is CC/C=C\C/C=C\C/C=C\C/C=C\CCC(=O)OCC(COP(=O)(O)OCC(CO)OC(=O)CCCCCCC/C=C\CCCCCC)OC(=O)CCCCCCC/C=C\C/C=C\C/C=C\CC. The van der Waals surface area contributed by atoms with Crippen LogP contribution in [0.25, 0.3) is 0 Å². The molecule has 2 N–H and O–H groups in total. The zero-order chi connectivity index (χ0) is 49.9. The average Bonchev–Trinajstić information content (AvgIpc) is 3.32. The maximum absolute atomic E-state index is 12.8. The van der Waals surface area contributed by atoms with Crippen molar-refractivity contribution in [3.8, 4) is 0 Å². The Kier molecular flexibility index (Phi) is 47.2. The van der Waals surface area contributed by atoms with E-state index < -0.39 is 57.8 Å². The molecule has 0 rings (SSSR count). The van der Waals surface area contributed by atoms with Crippen LogP contribution in [0.1, 0.15) is 201 Å². The molecule has 11 nitrogen and oxygen atoms in total. The first kappa shape index (κ1) is 64.4. The van der Waals surface area contributed by atoms with Crippen LogP contribution in [0.3, 0.4) is 0 Å². The number of carbonyl (C=O) groups excluding carboxylic acids is 3. The quantitative estimate of drug-likeness (QED) is 0.0197. The van der Waals surface area contributed by atoms with E-state index in [1.807, 2.05) is 12.2 Å². The van der Waals surface area contributed by atoms with Crippen molar-refractivity contribution in [3.05, 3.63) is 97.2 Å². The average molecular weight is 973 g/mol. The number of unbranched alkanes of at least 4 members (excludes halogenated alkanes) is 14. The van der Waals surface area contributed by atoms with Crippen molar-refractivity contribution < 1.29 is 52.2 Å². The number of aliphatic hydroxyl groups excluding tert-OH is 1. The van der Waals surface area contributed by atoms with Crippen LogP contribution in [0.2, 0.25) is 0 Å². The van der Waals surface area contributed by atoms with Crippen molar-refractivity contribution in [1.29, 1.82) is 0 Å². The fourth-order valence-corrected chi connectivity index (χ4v) is 7.34. The number of aliphatic hydroxyl groups is 1. The third kappa shape index (κ3) is 47.5. The van der Waals surface area contributed by atoms with Crippen molar-refractivity contribution in [2.24, 2.45) is 0 Å². The maximum atomic E-state index is 12.8. The summed E-state index contributed by atoms with van der Waals surface area (Å²) in [5.74, 6) is -1.60. The maximum Gasteiger partial charge on any atom is 0.472 e. The summed E-state index contributed by atoms with van der Waals surface area (Å²) < 4.78 is 39.2. The van der Waals surface area contributed by atoms with Crippen molar-refractivity contribution in [3.63, 3.8) is 0 Å². The van der Waals surface area contributed by atoms with Gasteiger partial charge in [-0.2, -0.15) is 0 Å². The van der Waals surface area contributed by atoms with E-state index in [9.17, 15) is 28.9 Å². The number of hydrogen-bond acceptors (Lipinski definition) is 10. The molecule has 0 aromatic carbocycles. The molecule has 0 aliphatic rings. The second kappa shape index (κ2) is 49.8. The standard InChI is InChI=1S/C56H93O11P/c1-4-7-10-13-16-19-22-25-26-29-32-35-38-41-44-47-56(60)67-53(49-63-54(58)45-42-39-36-33-30-27-23-20-17-14-11-8-5-2)51-65-68(61,62)64-50-52(48-57)66-55(59)46-43-40-37-34-31-28-24-21-18-15-12-9-6-3/h7-8,10-11,16-17,19-21,24-27,30,36,39,52-53,57H,4-6,9,12-15,18,22-23,28-29,31-35,37-38,40-51H2,1-3H3,(H,61,62)/b10-7-,11-8-,19-16-,20-17-,24-21-,26-25-,30-27-,39-36-. The normalized spacial score (nSPS) is 14.2. The molecule has 0 saturated heterocycles. The molecule has 3 atom stereocenters. The third-order valence-corrected chi connectivity index (χ3v) is 11.4. The van der Waals surface area contributed by atoms with Gasteiger partial charge < -0.3 is 24.2 Å². The lowest BCUT2D eigenvalue weighted by molar-refractivity contribution is -0.161. The largest absolute Gasteiger partial charge is 0.472 e. The molecule has 0 bridgehead atoms. The third-order valence-electron chi connectivity index (χ3n) is 10.5. The van der Waals surface area contributed by atoms with Gasteiger partial charge in [-0.15, -0.1) is 0 Å². The monoisotopic (exact) mass is 973 g/mol. The number of phosphoric ester groups is 1. The molecule has 0 spiro atoms. The molecule has 0 aliphatic carbocycles. The van der Waals surface area contributed by atoms with Crippen LogP contribution < -0.4 is 0 Å². The van der Waals surface area contributed by atoms with Crippen LogP contribution in [0.15, 0.2) is 97.2 Å². The van der Waals surface area contributed by atoms with Crippen LogP contribution in [0.4, 0.5) is 0 Å². The van der Waals surface area contributed by atoms with E-state index in [0.29, 0.717) is 19.3 Å². The Balaban J connectivity index is 4.86. The van der Waals surface area contributed by atoms with Crippen LogP contribution in [0, 0.1) is 0 Å². The molecule has 12 heteroatoms. The van der Waals surface area contributed by atoms with Gasteiger partial charge >= 0.3 is 25.7 Å². The first-order valence-corrected chi connectivity index (χ1v) is 27.6. The summed E-state index contributed by atoms with van der Waals surface area (Å²) in [5.41, 5.74) is 0.